The van der Waals surface area contributed by atoms with Gasteiger partial charge >= 0.3 is 5.97 Å². The maximum Gasteiger partial charge on any atom is 0.337 e. The van der Waals surface area contributed by atoms with Crippen molar-refractivity contribution in [1.82, 2.24) is 4.98 Å². The molecular weight excluding hydrogens is 302 g/mol. The van der Waals surface area contributed by atoms with Crippen molar-refractivity contribution in [2.75, 3.05) is 0 Å². The summed E-state index contributed by atoms with van der Waals surface area (Å²) in [4.78, 5) is 16.0. The van der Waals surface area contributed by atoms with Gasteiger partial charge in [0.25, 0.3) is 0 Å². The lowest BCUT2D eigenvalue weighted by Crippen LogP contribution is -2.01. The molecule has 1 aromatic heterocycles. The van der Waals surface area contributed by atoms with Gasteiger partial charge in [-0.2, -0.15) is 0 Å². The van der Waals surface area contributed by atoms with Gasteiger partial charge in [-0.05, 0) is 18.2 Å². The average molecular weight is 311 g/mol. The van der Waals surface area contributed by atoms with E-state index in [2.05, 4.69) is 4.98 Å². The van der Waals surface area contributed by atoms with Gasteiger partial charge in [-0.3, -0.25) is 0 Å². The Hall–Kier alpha value is -2.73. The molecule has 22 heavy (non-hydrogen) atoms. The van der Waals surface area contributed by atoms with Gasteiger partial charge < -0.3 is 5.11 Å². The van der Waals surface area contributed by atoms with Crippen LogP contribution in [0.4, 0.5) is 0 Å². The van der Waals surface area contributed by atoms with Crippen molar-refractivity contribution in [3.05, 3.63) is 54.1 Å². The van der Waals surface area contributed by atoms with E-state index in [4.69, 9.17) is 0 Å². The second-order valence-electron chi connectivity index (χ2n) is 5.02. The highest BCUT2D eigenvalue weighted by atomic mass is 32.2. The summed E-state index contributed by atoms with van der Waals surface area (Å²) in [7, 11) is -3.60. The molecule has 108 valence electrons. The number of nitrogens with zero attached hydrogens (tertiary/aromatic N) is 1. The first-order valence-electron chi connectivity index (χ1n) is 6.52. The Morgan fingerprint density at radius 3 is 2.55 bits per heavy atom. The van der Waals surface area contributed by atoms with Crippen molar-refractivity contribution in [3.63, 3.8) is 0 Å². The number of sulfone groups is 1. The van der Waals surface area contributed by atoms with Crippen LogP contribution in [0.5, 0.6) is 0 Å². The number of rotatable bonds is 1. The highest BCUT2D eigenvalue weighted by molar-refractivity contribution is 7.92. The van der Waals surface area contributed by atoms with Gasteiger partial charge in [0.2, 0.25) is 9.84 Å². The monoisotopic (exact) mass is 311 g/mol. The van der Waals surface area contributed by atoms with Crippen molar-refractivity contribution < 1.29 is 18.3 Å². The molecule has 5 nitrogen and oxygen atoms in total. The van der Waals surface area contributed by atoms with Crippen molar-refractivity contribution in [3.8, 4) is 11.3 Å². The van der Waals surface area contributed by atoms with Gasteiger partial charge in [0.15, 0.2) is 0 Å². The van der Waals surface area contributed by atoms with E-state index in [1.165, 1.54) is 18.2 Å². The number of para-hydroxylation sites is 1. The number of hydrogen-bond donors (Lipinski definition) is 1. The first kappa shape index (κ1) is 13.0. The molecule has 1 aliphatic rings. The second kappa shape index (κ2) is 4.14. The molecule has 0 aliphatic carbocycles. The van der Waals surface area contributed by atoms with E-state index in [0.717, 1.165) is 0 Å². The number of carbonyl (C=O) groups is 1. The maximum absolute atomic E-state index is 12.6. The summed E-state index contributed by atoms with van der Waals surface area (Å²) in [5.74, 6) is -1.09. The Bertz CT molecular complexity index is 1070. The van der Waals surface area contributed by atoms with Crippen LogP contribution in [0, 0.1) is 0 Å². The molecule has 2 aromatic carbocycles. The molecule has 0 saturated carbocycles. The molecule has 0 unspecified atom stereocenters. The maximum atomic E-state index is 12.6. The van der Waals surface area contributed by atoms with Crippen molar-refractivity contribution in [2.24, 2.45) is 0 Å². The van der Waals surface area contributed by atoms with E-state index in [1.54, 1.807) is 30.3 Å². The molecule has 0 radical (unpaired) electrons. The molecule has 1 aliphatic heterocycles. The number of carboxylic acids is 1. The molecule has 1 N–H and O–H groups in total. The summed E-state index contributed by atoms with van der Waals surface area (Å²) in [6.07, 6.45) is 0. The normalized spacial score (nSPS) is 14.5. The van der Waals surface area contributed by atoms with Crippen LogP contribution in [0.1, 0.15) is 10.4 Å². The summed E-state index contributed by atoms with van der Waals surface area (Å²) in [6, 6.07) is 12.8. The van der Waals surface area contributed by atoms with Crippen LogP contribution < -0.4 is 0 Å². The van der Waals surface area contributed by atoms with Crippen molar-refractivity contribution in [1.29, 1.82) is 0 Å². The number of carboxylic acid groups (broad SMARTS) is 1. The van der Waals surface area contributed by atoms with Crippen LogP contribution in [0.2, 0.25) is 0 Å². The number of fused-ring (bicyclic) bond motifs is 4. The molecule has 0 fully saturated rings. The lowest BCUT2D eigenvalue weighted by Gasteiger charge is -2.05. The van der Waals surface area contributed by atoms with E-state index in [1.807, 2.05) is 0 Å². The van der Waals surface area contributed by atoms with Crippen LogP contribution in [0.15, 0.2) is 58.3 Å². The minimum absolute atomic E-state index is 0.0575. The predicted octanol–water partition coefficient (Wildman–Crippen LogP) is 2.75. The van der Waals surface area contributed by atoms with Gasteiger partial charge in [-0.1, -0.05) is 30.3 Å². The Balaban J connectivity index is 2.18. The van der Waals surface area contributed by atoms with Crippen molar-refractivity contribution >= 4 is 26.7 Å². The van der Waals surface area contributed by atoms with Gasteiger partial charge in [0.05, 0.1) is 26.6 Å². The Labute approximate surface area is 125 Å². The zero-order valence-electron chi connectivity index (χ0n) is 11.1. The van der Waals surface area contributed by atoms with Crippen LogP contribution >= 0.6 is 0 Å². The average Bonchev–Trinajstić information content (AvgIpc) is 2.73. The van der Waals surface area contributed by atoms with E-state index in [-0.39, 0.29) is 15.4 Å². The summed E-state index contributed by atoms with van der Waals surface area (Å²) in [6.45, 7) is 0. The Kier molecular flexibility index (Phi) is 2.44. The van der Waals surface area contributed by atoms with E-state index in [9.17, 15) is 18.3 Å². The quantitative estimate of drug-likeness (QED) is 0.584. The fourth-order valence-corrected chi connectivity index (χ4v) is 4.41. The third-order valence-electron chi connectivity index (χ3n) is 3.76. The van der Waals surface area contributed by atoms with Gasteiger partial charge in [-0.15, -0.1) is 0 Å². The Morgan fingerprint density at radius 1 is 1.00 bits per heavy atom. The number of hydrogen-bond acceptors (Lipinski definition) is 4. The predicted molar refractivity (Wildman–Crippen MR) is 79.6 cm³/mol. The topological polar surface area (TPSA) is 84.3 Å². The van der Waals surface area contributed by atoms with Crippen LogP contribution in [-0.2, 0) is 9.84 Å². The third kappa shape index (κ3) is 1.55. The van der Waals surface area contributed by atoms with E-state index in [0.29, 0.717) is 22.2 Å². The lowest BCUT2D eigenvalue weighted by molar-refractivity contribution is 0.0699. The molecule has 0 amide bonds. The summed E-state index contributed by atoms with van der Waals surface area (Å²) in [5, 5.41) is 9.77. The summed E-state index contributed by atoms with van der Waals surface area (Å²) < 4.78 is 25.2. The van der Waals surface area contributed by atoms with Crippen molar-refractivity contribution in [2.45, 2.75) is 9.79 Å². The Morgan fingerprint density at radius 2 is 1.77 bits per heavy atom. The SMILES string of the molecule is O=C(O)c1cccc2cc3c(nc12)-c1ccccc1S3(=O)=O. The smallest absolute Gasteiger partial charge is 0.337 e. The highest BCUT2D eigenvalue weighted by Gasteiger charge is 2.34. The standard InChI is InChI=1S/C16H9NO4S/c18-16(19)11-6-3-4-9-8-13-15(17-14(9)11)10-5-1-2-7-12(10)22(13,20)21/h1-8H,(H,18,19). The molecule has 0 bridgehead atoms. The van der Waals surface area contributed by atoms with Gasteiger partial charge in [0, 0.05) is 10.9 Å². The fourth-order valence-electron chi connectivity index (χ4n) is 2.76. The molecule has 4 rings (SSSR count). The zero-order valence-corrected chi connectivity index (χ0v) is 12.0. The third-order valence-corrected chi connectivity index (χ3v) is 5.59. The van der Waals surface area contributed by atoms with Crippen LogP contribution in [0.25, 0.3) is 22.2 Å². The number of aromatic nitrogens is 1. The molecule has 2 heterocycles. The zero-order chi connectivity index (χ0) is 15.5. The number of pyridine rings is 1. The second-order valence-corrected chi connectivity index (χ2v) is 6.90. The summed E-state index contributed by atoms with van der Waals surface area (Å²) >= 11 is 0. The highest BCUT2D eigenvalue weighted by Crippen LogP contribution is 2.43. The van der Waals surface area contributed by atoms with Gasteiger partial charge in [0.1, 0.15) is 0 Å². The first-order chi connectivity index (χ1) is 10.5. The summed E-state index contributed by atoms with van der Waals surface area (Å²) in [5.41, 5.74) is 1.18. The molecule has 6 heteroatoms. The minimum Gasteiger partial charge on any atom is -0.478 e. The number of benzene rings is 2. The first-order valence-corrected chi connectivity index (χ1v) is 8.00. The molecule has 0 atom stereocenters. The minimum atomic E-state index is -3.60. The molecule has 0 spiro atoms. The molecule has 0 saturated heterocycles. The lowest BCUT2D eigenvalue weighted by atomic mass is 10.1. The van der Waals surface area contributed by atoms with Gasteiger partial charge in [-0.25, -0.2) is 18.2 Å². The van der Waals surface area contributed by atoms with Crippen LogP contribution in [0.3, 0.4) is 0 Å². The molecular formula is C16H9NO4S. The largest absolute Gasteiger partial charge is 0.478 e. The van der Waals surface area contributed by atoms with E-state index < -0.39 is 15.8 Å². The fraction of sp³-hybridized carbons (Fsp3) is 0. The van der Waals surface area contributed by atoms with E-state index >= 15 is 0 Å². The molecule has 3 aromatic rings. The number of aromatic carboxylic acids is 1. The van der Waals surface area contributed by atoms with Crippen LogP contribution in [-0.4, -0.2) is 24.5 Å².